The highest BCUT2D eigenvalue weighted by Gasteiger charge is 2.03. The molecule has 0 saturated carbocycles. The minimum atomic E-state index is 0.109. The van der Waals surface area contributed by atoms with Crippen LogP contribution in [0.15, 0.2) is 12.7 Å². The summed E-state index contributed by atoms with van der Waals surface area (Å²) in [7, 11) is 0. The van der Waals surface area contributed by atoms with Crippen LogP contribution in [0.5, 0.6) is 0 Å². The van der Waals surface area contributed by atoms with Crippen LogP contribution < -0.4 is 0 Å². The maximum absolute atomic E-state index is 10.4. The molecule has 38 valence electrons. The normalized spacial score (nSPS) is 7.71. The molecule has 0 aromatic carbocycles. The average Bonchev–Trinajstić information content (AvgIpc) is 1.65. The number of hydrogen-bond acceptors (Lipinski definition) is 1. The standard InChI is InChI=1S/C5H9BO/c1-4-5(7)6(2)3/h4H,1H2,2-3H3. The lowest BCUT2D eigenvalue weighted by Crippen LogP contribution is -2.13. The van der Waals surface area contributed by atoms with Gasteiger partial charge in [-0.15, -0.1) is 0 Å². The van der Waals surface area contributed by atoms with E-state index in [4.69, 9.17) is 0 Å². The molecular formula is C5H9BO. The maximum atomic E-state index is 10.4. The molecule has 0 saturated heterocycles. The third-order valence-corrected chi connectivity index (χ3v) is 0.770. The monoisotopic (exact) mass is 96.1 g/mol. The van der Waals surface area contributed by atoms with Gasteiger partial charge in [0.2, 0.25) is 6.71 Å². The zero-order chi connectivity index (χ0) is 5.86. The Kier molecular flexibility index (Phi) is 2.42. The van der Waals surface area contributed by atoms with E-state index < -0.39 is 0 Å². The van der Waals surface area contributed by atoms with Crippen molar-refractivity contribution in [3.63, 3.8) is 0 Å². The summed E-state index contributed by atoms with van der Waals surface area (Å²) in [5.74, 6) is 0. The van der Waals surface area contributed by atoms with E-state index in [1.807, 2.05) is 13.6 Å². The molecule has 0 radical (unpaired) electrons. The Morgan fingerprint density at radius 3 is 2.14 bits per heavy atom. The third-order valence-electron chi connectivity index (χ3n) is 0.770. The van der Waals surface area contributed by atoms with Gasteiger partial charge in [-0.3, -0.25) is 0 Å². The maximum Gasteiger partial charge on any atom is 0.222 e. The molecule has 0 aliphatic rings. The molecule has 0 heterocycles. The molecule has 0 atom stereocenters. The van der Waals surface area contributed by atoms with Crippen molar-refractivity contribution in [3.8, 4) is 0 Å². The molecule has 0 aromatic heterocycles. The van der Waals surface area contributed by atoms with Crippen LogP contribution in [0.1, 0.15) is 0 Å². The van der Waals surface area contributed by atoms with E-state index in [1.54, 1.807) is 0 Å². The Labute approximate surface area is 44.5 Å². The lowest BCUT2D eigenvalue weighted by Gasteiger charge is -1.87. The summed E-state index contributed by atoms with van der Waals surface area (Å²) in [6.07, 6.45) is 1.35. The predicted octanol–water partition coefficient (Wildman–Crippen LogP) is 1.04. The van der Waals surface area contributed by atoms with Crippen molar-refractivity contribution in [2.24, 2.45) is 0 Å². The first-order valence-electron chi connectivity index (χ1n) is 2.34. The molecule has 2 heteroatoms. The fourth-order valence-electron chi connectivity index (χ4n) is 0.236. The van der Waals surface area contributed by atoms with Gasteiger partial charge in [-0.1, -0.05) is 20.2 Å². The lowest BCUT2D eigenvalue weighted by atomic mass is 9.51. The van der Waals surface area contributed by atoms with Crippen LogP contribution in [0.4, 0.5) is 0 Å². The van der Waals surface area contributed by atoms with Gasteiger partial charge in [0.25, 0.3) is 0 Å². The van der Waals surface area contributed by atoms with E-state index in [1.165, 1.54) is 6.08 Å². The van der Waals surface area contributed by atoms with Crippen LogP contribution in [0.3, 0.4) is 0 Å². The molecule has 0 spiro atoms. The van der Waals surface area contributed by atoms with Gasteiger partial charge in [0.1, 0.15) is 5.68 Å². The van der Waals surface area contributed by atoms with Crippen LogP contribution in [-0.4, -0.2) is 12.4 Å². The van der Waals surface area contributed by atoms with Gasteiger partial charge in [-0.2, -0.15) is 0 Å². The molecule has 0 bridgehead atoms. The van der Waals surface area contributed by atoms with Gasteiger partial charge >= 0.3 is 0 Å². The number of carbonyl (C=O) groups is 1. The van der Waals surface area contributed by atoms with E-state index in [0.717, 1.165) is 0 Å². The summed E-state index contributed by atoms with van der Waals surface area (Å²) in [6, 6.07) is 0. The molecule has 0 aromatic rings. The largest absolute Gasteiger partial charge is 0.307 e. The van der Waals surface area contributed by atoms with Gasteiger partial charge in [-0.05, 0) is 6.08 Å². The molecule has 0 unspecified atom stereocenters. The van der Waals surface area contributed by atoms with Gasteiger partial charge in [0.05, 0.1) is 0 Å². The van der Waals surface area contributed by atoms with E-state index in [9.17, 15) is 4.79 Å². The zero-order valence-electron chi connectivity index (χ0n) is 4.77. The van der Waals surface area contributed by atoms with Crippen LogP contribution in [-0.2, 0) is 4.79 Å². The Balaban J connectivity index is 3.56. The molecule has 0 N–H and O–H groups in total. The van der Waals surface area contributed by atoms with Crippen molar-refractivity contribution in [3.05, 3.63) is 12.7 Å². The summed E-state index contributed by atoms with van der Waals surface area (Å²) in [5, 5.41) is 0. The SMILES string of the molecule is C=CC(=O)B(C)C. The highest BCUT2D eigenvalue weighted by atomic mass is 16.1. The quantitative estimate of drug-likeness (QED) is 0.370. The van der Waals surface area contributed by atoms with Gasteiger partial charge < -0.3 is 4.79 Å². The number of carbonyl (C=O) groups excluding carboxylic acids is 1. The summed E-state index contributed by atoms with van der Waals surface area (Å²) in [4.78, 5) is 10.4. The zero-order valence-corrected chi connectivity index (χ0v) is 4.77. The first-order chi connectivity index (χ1) is 3.18. The first kappa shape index (κ1) is 6.47. The first-order valence-corrected chi connectivity index (χ1v) is 2.34. The molecular weight excluding hydrogens is 86.9 g/mol. The summed E-state index contributed by atoms with van der Waals surface area (Å²) >= 11 is 0. The van der Waals surface area contributed by atoms with E-state index >= 15 is 0 Å². The van der Waals surface area contributed by atoms with E-state index in [2.05, 4.69) is 6.58 Å². The molecule has 0 amide bonds. The second-order valence-electron chi connectivity index (χ2n) is 1.76. The minimum absolute atomic E-state index is 0.109. The van der Waals surface area contributed by atoms with Gasteiger partial charge in [0.15, 0.2) is 0 Å². The van der Waals surface area contributed by atoms with Crippen molar-refractivity contribution in [1.82, 2.24) is 0 Å². The van der Waals surface area contributed by atoms with Crippen molar-refractivity contribution in [2.75, 3.05) is 0 Å². The van der Waals surface area contributed by atoms with Crippen molar-refractivity contribution < 1.29 is 4.79 Å². The Bertz CT molecular complexity index is 86.1. The summed E-state index contributed by atoms with van der Waals surface area (Å²) in [6.45, 7) is 7.14. The molecule has 0 aliphatic heterocycles. The smallest absolute Gasteiger partial charge is 0.222 e. The average molecular weight is 95.9 g/mol. The van der Waals surface area contributed by atoms with Gasteiger partial charge in [-0.25, -0.2) is 0 Å². The number of rotatable bonds is 2. The highest BCUT2D eigenvalue weighted by molar-refractivity contribution is 6.90. The third kappa shape index (κ3) is 2.21. The summed E-state index contributed by atoms with van der Waals surface area (Å²) < 4.78 is 0. The highest BCUT2D eigenvalue weighted by Crippen LogP contribution is 1.81. The van der Waals surface area contributed by atoms with Crippen LogP contribution in [0.25, 0.3) is 0 Å². The Morgan fingerprint density at radius 1 is 1.71 bits per heavy atom. The Hall–Kier alpha value is -0.525. The van der Waals surface area contributed by atoms with Crippen LogP contribution >= 0.6 is 0 Å². The van der Waals surface area contributed by atoms with Crippen molar-refractivity contribution >= 4 is 12.4 Å². The van der Waals surface area contributed by atoms with Crippen molar-refractivity contribution in [2.45, 2.75) is 13.6 Å². The Morgan fingerprint density at radius 2 is 2.14 bits per heavy atom. The molecule has 0 rings (SSSR count). The minimum Gasteiger partial charge on any atom is -0.307 e. The van der Waals surface area contributed by atoms with Crippen LogP contribution in [0, 0.1) is 0 Å². The van der Waals surface area contributed by atoms with Crippen molar-refractivity contribution in [1.29, 1.82) is 0 Å². The fraction of sp³-hybridized carbons (Fsp3) is 0.400. The van der Waals surface area contributed by atoms with Gasteiger partial charge in [0, 0.05) is 0 Å². The molecule has 1 nitrogen and oxygen atoms in total. The second-order valence-corrected chi connectivity index (χ2v) is 1.76. The van der Waals surface area contributed by atoms with E-state index in [0.29, 0.717) is 0 Å². The molecule has 7 heavy (non-hydrogen) atoms. The number of allylic oxidation sites excluding steroid dienone is 1. The topological polar surface area (TPSA) is 17.1 Å². The summed E-state index contributed by atoms with van der Waals surface area (Å²) in [5.41, 5.74) is 0.111. The second kappa shape index (κ2) is 2.62. The lowest BCUT2D eigenvalue weighted by molar-refractivity contribution is -0.108. The van der Waals surface area contributed by atoms with E-state index in [-0.39, 0.29) is 12.4 Å². The van der Waals surface area contributed by atoms with Crippen LogP contribution in [0.2, 0.25) is 13.6 Å². The molecule has 0 fully saturated rings. The predicted molar refractivity (Wildman–Crippen MR) is 32.7 cm³/mol. The fourth-order valence-corrected chi connectivity index (χ4v) is 0.236. The number of hydrogen-bond donors (Lipinski definition) is 0. The molecule has 0 aliphatic carbocycles.